The van der Waals surface area contributed by atoms with Crippen molar-refractivity contribution in [2.45, 2.75) is 114 Å². The molecule has 5 saturated carbocycles. The number of hydrogen-bond donors (Lipinski definition) is 0. The van der Waals surface area contributed by atoms with Crippen LogP contribution in [0.4, 0.5) is 0 Å². The first kappa shape index (κ1) is 27.2. The molecule has 8 unspecified atom stereocenters. The topological polar surface area (TPSA) is 0 Å². The van der Waals surface area contributed by atoms with E-state index in [9.17, 15) is 0 Å². The molecule has 0 aromatic heterocycles. The predicted molar refractivity (Wildman–Crippen MR) is 174 cm³/mol. The van der Waals surface area contributed by atoms with Gasteiger partial charge in [0.25, 0.3) is 0 Å². The van der Waals surface area contributed by atoms with Crippen LogP contribution in [0.3, 0.4) is 0 Å². The second-order valence-electron chi connectivity index (χ2n) is 14.8. The summed E-state index contributed by atoms with van der Waals surface area (Å²) in [4.78, 5) is 0. The van der Waals surface area contributed by atoms with Crippen molar-refractivity contribution in [2.24, 2.45) is 41.4 Å². The number of unbranched alkanes of at least 4 members (excludes halogenated alkanes) is 1. The van der Waals surface area contributed by atoms with Crippen LogP contribution in [-0.4, -0.2) is 8.07 Å². The average molecular weight is 551 g/mol. The zero-order valence-electron chi connectivity index (χ0n) is 25.1. The fourth-order valence-corrected chi connectivity index (χ4v) is 20.2. The molecule has 0 amide bonds. The minimum atomic E-state index is -2.12. The van der Waals surface area contributed by atoms with Crippen LogP contribution < -0.4 is 10.4 Å². The SMILES string of the molecule is C=CCCCC1CC([Si](c2ccccc2)(c2ccccc2)C2C3CCCCC3C3CCCCC32)C2CCCCC12. The van der Waals surface area contributed by atoms with E-state index in [0.717, 1.165) is 52.5 Å². The third-order valence-corrected chi connectivity index (χ3v) is 19.7. The van der Waals surface area contributed by atoms with Crippen molar-refractivity contribution in [1.29, 1.82) is 0 Å². The van der Waals surface area contributed by atoms with Gasteiger partial charge in [0.05, 0.1) is 0 Å². The molecule has 7 rings (SSSR count). The molecule has 0 N–H and O–H groups in total. The molecule has 2 aromatic carbocycles. The number of fused-ring (bicyclic) bond motifs is 4. The Morgan fingerprint density at radius 2 is 1.07 bits per heavy atom. The molecule has 8 atom stereocenters. The summed E-state index contributed by atoms with van der Waals surface area (Å²) in [5, 5.41) is 3.64. The van der Waals surface area contributed by atoms with Gasteiger partial charge in [-0.2, -0.15) is 0 Å². The first-order valence-corrected chi connectivity index (χ1v) is 19.7. The number of rotatable bonds is 8. The summed E-state index contributed by atoms with van der Waals surface area (Å²) < 4.78 is 0. The summed E-state index contributed by atoms with van der Waals surface area (Å²) in [5.41, 5.74) is 1.87. The molecule has 0 heterocycles. The van der Waals surface area contributed by atoms with Gasteiger partial charge in [0.2, 0.25) is 0 Å². The maximum absolute atomic E-state index is 4.08. The summed E-state index contributed by atoms with van der Waals surface area (Å²) in [7, 11) is -2.12. The van der Waals surface area contributed by atoms with Gasteiger partial charge in [0.1, 0.15) is 8.07 Å². The highest BCUT2D eigenvalue weighted by molar-refractivity contribution is 7.04. The van der Waals surface area contributed by atoms with E-state index in [-0.39, 0.29) is 0 Å². The van der Waals surface area contributed by atoms with Gasteiger partial charge in [-0.05, 0) is 97.5 Å². The maximum Gasteiger partial charge on any atom is 0.124 e. The summed E-state index contributed by atoms with van der Waals surface area (Å²) in [6.07, 6.45) is 25.8. The van der Waals surface area contributed by atoms with Crippen molar-refractivity contribution >= 4 is 18.4 Å². The van der Waals surface area contributed by atoms with Crippen LogP contribution in [0.15, 0.2) is 73.3 Å². The normalized spacial score (nSPS) is 37.4. The van der Waals surface area contributed by atoms with Gasteiger partial charge in [0, 0.05) is 0 Å². The van der Waals surface area contributed by atoms with E-state index in [4.69, 9.17) is 0 Å². The van der Waals surface area contributed by atoms with Gasteiger partial charge in [0.15, 0.2) is 0 Å². The van der Waals surface area contributed by atoms with Crippen molar-refractivity contribution in [2.75, 3.05) is 0 Å². The number of allylic oxidation sites excluding steroid dienone is 1. The molecule has 5 aliphatic carbocycles. The standard InChI is InChI=1S/C39H54Si/c1-2-3-6-17-29-28-38(35-25-14-11-22-32(29)35)40(30-18-7-4-8-19-30,31-20-9-5-10-21-31)39-36-26-15-12-23-33(36)34-24-13-16-27-37(34)39/h2,4-5,7-10,18-21,29,32-39H,1,3,6,11-17,22-28H2. The minimum absolute atomic E-state index is 0.921. The van der Waals surface area contributed by atoms with Gasteiger partial charge in [-0.25, -0.2) is 0 Å². The third kappa shape index (κ3) is 4.52. The van der Waals surface area contributed by atoms with Gasteiger partial charge in [-0.3, -0.25) is 0 Å². The highest BCUT2D eigenvalue weighted by Gasteiger charge is 2.65. The minimum Gasteiger partial charge on any atom is -0.103 e. The highest BCUT2D eigenvalue weighted by Crippen LogP contribution is 2.67. The third-order valence-electron chi connectivity index (χ3n) is 13.4. The molecule has 214 valence electrons. The highest BCUT2D eigenvalue weighted by atomic mass is 28.3. The Morgan fingerprint density at radius 1 is 0.600 bits per heavy atom. The fraction of sp³-hybridized carbons (Fsp3) is 0.641. The first-order valence-electron chi connectivity index (χ1n) is 17.6. The van der Waals surface area contributed by atoms with E-state index in [0.29, 0.717) is 0 Å². The molecule has 40 heavy (non-hydrogen) atoms. The number of benzene rings is 2. The Bertz CT molecular complexity index is 1040. The Kier molecular flexibility index (Phi) is 8.14. The molecular weight excluding hydrogens is 497 g/mol. The van der Waals surface area contributed by atoms with Crippen LogP contribution in [-0.2, 0) is 0 Å². The lowest BCUT2D eigenvalue weighted by Gasteiger charge is -2.51. The lowest BCUT2D eigenvalue weighted by atomic mass is 9.73. The van der Waals surface area contributed by atoms with Crippen molar-refractivity contribution in [3.05, 3.63) is 73.3 Å². The van der Waals surface area contributed by atoms with Crippen LogP contribution in [0, 0.1) is 41.4 Å². The van der Waals surface area contributed by atoms with Crippen LogP contribution in [0.25, 0.3) is 0 Å². The lowest BCUT2D eigenvalue weighted by molar-refractivity contribution is 0.184. The molecule has 0 spiro atoms. The molecule has 5 fully saturated rings. The second-order valence-corrected chi connectivity index (χ2v) is 19.1. The lowest BCUT2D eigenvalue weighted by Crippen LogP contribution is -2.67. The quantitative estimate of drug-likeness (QED) is 0.174. The Morgan fingerprint density at radius 3 is 1.60 bits per heavy atom. The van der Waals surface area contributed by atoms with Crippen LogP contribution in [0.1, 0.15) is 103 Å². The Hall–Kier alpha value is -1.60. The Labute approximate surface area is 246 Å². The zero-order chi connectivity index (χ0) is 26.9. The average Bonchev–Trinajstić information content (AvgIpc) is 3.56. The van der Waals surface area contributed by atoms with Gasteiger partial charge < -0.3 is 0 Å². The van der Waals surface area contributed by atoms with Gasteiger partial charge in [-0.15, -0.1) is 6.58 Å². The van der Waals surface area contributed by atoms with Gasteiger partial charge >= 0.3 is 0 Å². The van der Waals surface area contributed by atoms with E-state index in [2.05, 4.69) is 73.3 Å². The van der Waals surface area contributed by atoms with E-state index < -0.39 is 8.07 Å². The first-order chi connectivity index (χ1) is 19.8. The summed E-state index contributed by atoms with van der Waals surface area (Å²) >= 11 is 0. The summed E-state index contributed by atoms with van der Waals surface area (Å²) in [6.45, 7) is 4.08. The molecule has 2 aromatic rings. The molecule has 0 bridgehead atoms. The zero-order valence-corrected chi connectivity index (χ0v) is 26.1. The van der Waals surface area contributed by atoms with E-state index in [1.807, 2.05) is 10.4 Å². The predicted octanol–water partition coefficient (Wildman–Crippen LogP) is 9.80. The molecule has 0 saturated heterocycles. The smallest absolute Gasteiger partial charge is 0.103 e. The maximum atomic E-state index is 4.08. The molecule has 0 nitrogen and oxygen atoms in total. The molecule has 5 aliphatic rings. The number of hydrogen-bond acceptors (Lipinski definition) is 0. The monoisotopic (exact) mass is 550 g/mol. The summed E-state index contributed by atoms with van der Waals surface area (Å²) in [6, 6.07) is 24.9. The fourth-order valence-electron chi connectivity index (χ4n) is 12.3. The molecule has 0 aliphatic heterocycles. The molecule has 0 radical (unpaired) electrons. The van der Waals surface area contributed by atoms with Crippen molar-refractivity contribution in [1.82, 2.24) is 0 Å². The van der Waals surface area contributed by atoms with Crippen LogP contribution in [0.5, 0.6) is 0 Å². The Balaban J connectivity index is 1.43. The molecular formula is C39H54Si. The van der Waals surface area contributed by atoms with E-state index >= 15 is 0 Å². The van der Waals surface area contributed by atoms with Gasteiger partial charge in [-0.1, -0.05) is 135 Å². The second kappa shape index (κ2) is 11.9. The summed E-state index contributed by atoms with van der Waals surface area (Å²) in [5.74, 6) is 6.89. The van der Waals surface area contributed by atoms with Crippen molar-refractivity contribution in [3.63, 3.8) is 0 Å². The van der Waals surface area contributed by atoms with Crippen molar-refractivity contribution in [3.8, 4) is 0 Å². The van der Waals surface area contributed by atoms with E-state index in [1.54, 1.807) is 0 Å². The van der Waals surface area contributed by atoms with Crippen LogP contribution >= 0.6 is 0 Å². The van der Waals surface area contributed by atoms with Crippen molar-refractivity contribution < 1.29 is 0 Å². The van der Waals surface area contributed by atoms with E-state index in [1.165, 1.54) is 103 Å². The molecule has 1 heteroatoms. The largest absolute Gasteiger partial charge is 0.124 e. The van der Waals surface area contributed by atoms with Crippen LogP contribution in [0.2, 0.25) is 11.1 Å².